The third-order valence-electron chi connectivity index (χ3n) is 2.47. The van der Waals surface area contributed by atoms with Gasteiger partial charge in [0.05, 0.1) is 11.0 Å². The van der Waals surface area contributed by atoms with Crippen LogP contribution in [0.5, 0.6) is 0 Å². The van der Waals surface area contributed by atoms with E-state index in [1.807, 2.05) is 54.6 Å². The Labute approximate surface area is 167 Å². The number of nitrogens with zero attached hydrogens (tertiary/aromatic N) is 2. The summed E-state index contributed by atoms with van der Waals surface area (Å²) in [5.74, 6) is -0.0359. The standard InChI is InChI=1S/C8H6N2.C8H9NO.K.H/c1-2-4-8-7(3-1)9-5-6-10-8;1-7(10)9-8-5-3-2-4-6-8;;/h1-6H;2-6H,1H3,(H,9,10);;/q;;+1;-1. The van der Waals surface area contributed by atoms with Crippen molar-refractivity contribution in [3.8, 4) is 0 Å². The van der Waals surface area contributed by atoms with E-state index >= 15 is 0 Å². The molecule has 2 aromatic carbocycles. The van der Waals surface area contributed by atoms with E-state index in [1.165, 1.54) is 6.92 Å². The minimum absolute atomic E-state index is 0. The molecule has 102 valence electrons. The molecule has 1 amide bonds. The molecule has 0 unspecified atom stereocenters. The van der Waals surface area contributed by atoms with Gasteiger partial charge < -0.3 is 6.74 Å². The summed E-state index contributed by atoms with van der Waals surface area (Å²) in [6.45, 7) is 1.49. The Morgan fingerprint density at radius 2 is 1.38 bits per heavy atom. The van der Waals surface area contributed by atoms with Gasteiger partial charge in [-0.05, 0) is 24.3 Å². The van der Waals surface area contributed by atoms with E-state index < -0.39 is 0 Å². The van der Waals surface area contributed by atoms with Gasteiger partial charge in [0, 0.05) is 25.0 Å². The Kier molecular flexibility index (Phi) is 8.33. The molecule has 4 nitrogen and oxygen atoms in total. The first-order valence-electron chi connectivity index (χ1n) is 6.24. The van der Waals surface area contributed by atoms with Crippen molar-refractivity contribution in [3.63, 3.8) is 0 Å². The molecular formula is C16H16KN3O. The van der Waals surface area contributed by atoms with Gasteiger partial charge in [0.2, 0.25) is 5.91 Å². The average Bonchev–Trinajstić information content (AvgIpc) is 2.48. The van der Waals surface area contributed by atoms with E-state index in [2.05, 4.69) is 15.3 Å². The van der Waals surface area contributed by atoms with Crippen LogP contribution in [0.1, 0.15) is 8.35 Å². The van der Waals surface area contributed by atoms with E-state index in [-0.39, 0.29) is 58.7 Å². The molecule has 1 N–H and O–H groups in total. The summed E-state index contributed by atoms with van der Waals surface area (Å²) in [6, 6.07) is 17.2. The third-order valence-corrected chi connectivity index (χ3v) is 2.47. The van der Waals surface area contributed by atoms with Crippen molar-refractivity contribution >= 4 is 22.6 Å². The molecule has 3 rings (SSSR count). The molecule has 0 aliphatic heterocycles. The first-order valence-corrected chi connectivity index (χ1v) is 6.24. The van der Waals surface area contributed by atoms with E-state index in [1.54, 1.807) is 12.4 Å². The molecule has 0 spiro atoms. The predicted molar refractivity (Wildman–Crippen MR) is 81.4 cm³/mol. The van der Waals surface area contributed by atoms with Gasteiger partial charge in [-0.2, -0.15) is 0 Å². The number of rotatable bonds is 1. The molecule has 3 aromatic rings. The van der Waals surface area contributed by atoms with Crippen molar-refractivity contribution in [2.75, 3.05) is 5.32 Å². The Balaban J connectivity index is 0.000000367. The third kappa shape index (κ3) is 6.45. The molecule has 0 saturated carbocycles. The van der Waals surface area contributed by atoms with E-state index in [0.29, 0.717) is 0 Å². The maximum Gasteiger partial charge on any atom is 1.00 e. The minimum atomic E-state index is -0.0359. The Hall–Kier alpha value is -1.11. The van der Waals surface area contributed by atoms with Gasteiger partial charge in [0.25, 0.3) is 0 Å². The van der Waals surface area contributed by atoms with Crippen LogP contribution in [0.4, 0.5) is 5.69 Å². The number of carbonyl (C=O) groups is 1. The fraction of sp³-hybridized carbons (Fsp3) is 0.0625. The van der Waals surface area contributed by atoms with Crippen molar-refractivity contribution in [1.29, 1.82) is 0 Å². The molecule has 0 bridgehead atoms. The number of carbonyl (C=O) groups excluding carboxylic acids is 1. The van der Waals surface area contributed by atoms with E-state index in [9.17, 15) is 4.79 Å². The zero-order chi connectivity index (χ0) is 14.2. The number of fused-ring (bicyclic) bond motifs is 1. The molecule has 1 heterocycles. The van der Waals surface area contributed by atoms with Crippen molar-refractivity contribution in [2.45, 2.75) is 6.92 Å². The molecule has 0 aliphatic rings. The molecule has 0 aliphatic carbocycles. The van der Waals surface area contributed by atoms with Gasteiger partial charge in [0.1, 0.15) is 0 Å². The molecular weight excluding hydrogens is 289 g/mol. The molecule has 21 heavy (non-hydrogen) atoms. The molecule has 0 atom stereocenters. The van der Waals surface area contributed by atoms with Crippen LogP contribution in [-0.4, -0.2) is 15.9 Å². The number of aromatic nitrogens is 2. The van der Waals surface area contributed by atoms with Crippen LogP contribution in [-0.2, 0) is 4.79 Å². The summed E-state index contributed by atoms with van der Waals surface area (Å²) in [7, 11) is 0. The molecule has 0 saturated heterocycles. The number of anilines is 1. The first-order chi connectivity index (χ1) is 9.75. The topological polar surface area (TPSA) is 54.9 Å². The summed E-state index contributed by atoms with van der Waals surface area (Å²) < 4.78 is 0. The van der Waals surface area contributed by atoms with Gasteiger partial charge >= 0.3 is 51.4 Å². The van der Waals surface area contributed by atoms with Crippen LogP contribution in [0.3, 0.4) is 0 Å². The largest absolute Gasteiger partial charge is 1.00 e. The number of para-hydroxylation sites is 3. The van der Waals surface area contributed by atoms with Crippen molar-refractivity contribution in [1.82, 2.24) is 9.97 Å². The van der Waals surface area contributed by atoms with Crippen molar-refractivity contribution < 1.29 is 57.6 Å². The zero-order valence-corrected chi connectivity index (χ0v) is 15.3. The summed E-state index contributed by atoms with van der Waals surface area (Å²) >= 11 is 0. The zero-order valence-electron chi connectivity index (χ0n) is 13.2. The van der Waals surface area contributed by atoms with Crippen molar-refractivity contribution in [2.24, 2.45) is 0 Å². The fourth-order valence-electron chi connectivity index (χ4n) is 1.63. The van der Waals surface area contributed by atoms with Crippen LogP contribution in [0.25, 0.3) is 11.0 Å². The molecule has 0 radical (unpaired) electrons. The summed E-state index contributed by atoms with van der Waals surface area (Å²) in [6.07, 6.45) is 3.39. The van der Waals surface area contributed by atoms with Crippen LogP contribution in [0.15, 0.2) is 67.0 Å². The Morgan fingerprint density at radius 1 is 0.905 bits per heavy atom. The number of hydrogen-bond acceptors (Lipinski definition) is 3. The van der Waals surface area contributed by atoms with Crippen LogP contribution < -0.4 is 56.7 Å². The summed E-state index contributed by atoms with van der Waals surface area (Å²) in [4.78, 5) is 18.7. The molecule has 1 aromatic heterocycles. The van der Waals surface area contributed by atoms with E-state index in [0.717, 1.165) is 16.7 Å². The van der Waals surface area contributed by atoms with Gasteiger partial charge in [-0.15, -0.1) is 0 Å². The molecule has 0 fully saturated rings. The minimum Gasteiger partial charge on any atom is -1.00 e. The van der Waals surface area contributed by atoms with E-state index in [4.69, 9.17) is 0 Å². The quantitative estimate of drug-likeness (QED) is 0.662. The van der Waals surface area contributed by atoms with Gasteiger partial charge in [-0.3, -0.25) is 14.8 Å². The molecule has 5 heteroatoms. The van der Waals surface area contributed by atoms with Gasteiger partial charge in [-0.25, -0.2) is 0 Å². The van der Waals surface area contributed by atoms with Crippen LogP contribution >= 0.6 is 0 Å². The Morgan fingerprint density at radius 3 is 1.86 bits per heavy atom. The monoisotopic (exact) mass is 305 g/mol. The van der Waals surface area contributed by atoms with Gasteiger partial charge in [-0.1, -0.05) is 30.3 Å². The van der Waals surface area contributed by atoms with Crippen molar-refractivity contribution in [3.05, 3.63) is 67.0 Å². The first kappa shape index (κ1) is 17.9. The maximum atomic E-state index is 10.5. The second kappa shape index (κ2) is 9.76. The number of benzene rings is 2. The SMILES string of the molecule is CC(=O)Nc1ccccc1.[H-].[K+].c1ccc2nccnc2c1. The summed E-state index contributed by atoms with van der Waals surface area (Å²) in [5.41, 5.74) is 2.74. The average molecular weight is 305 g/mol. The Bertz CT molecular complexity index is 630. The predicted octanol–water partition coefficient (Wildman–Crippen LogP) is 0.391. The van der Waals surface area contributed by atoms with Gasteiger partial charge in [0.15, 0.2) is 0 Å². The normalized spacial score (nSPS) is 9.00. The van der Waals surface area contributed by atoms with Crippen LogP contribution in [0, 0.1) is 0 Å². The maximum absolute atomic E-state index is 10.5. The smallest absolute Gasteiger partial charge is 1.00 e. The second-order valence-corrected chi connectivity index (χ2v) is 4.09. The fourth-order valence-corrected chi connectivity index (χ4v) is 1.63. The number of amides is 1. The second-order valence-electron chi connectivity index (χ2n) is 4.09. The summed E-state index contributed by atoms with van der Waals surface area (Å²) in [5, 5.41) is 2.67. The number of hydrogen-bond donors (Lipinski definition) is 1. The number of nitrogens with one attached hydrogen (secondary N) is 1. The van der Waals surface area contributed by atoms with Crippen LogP contribution in [0.2, 0.25) is 0 Å².